The molecule has 0 bridgehead atoms. The molecule has 0 radical (unpaired) electrons. The smallest absolute Gasteiger partial charge is 0.253 e. The maximum Gasteiger partial charge on any atom is 0.253 e. The molecule has 20 heavy (non-hydrogen) atoms. The number of hydrogen-bond donors (Lipinski definition) is 2. The summed E-state index contributed by atoms with van der Waals surface area (Å²) >= 11 is 0. The lowest BCUT2D eigenvalue weighted by Gasteiger charge is -2.22. The highest BCUT2D eigenvalue weighted by molar-refractivity contribution is 5.82. The average molecular weight is 279 g/mol. The number of nitrogens with one attached hydrogen (secondary N) is 1. The molecule has 2 unspecified atom stereocenters. The molecule has 1 aromatic rings. The van der Waals surface area contributed by atoms with Gasteiger partial charge in [0.15, 0.2) is 6.10 Å². The maximum atomic E-state index is 12.1. The van der Waals surface area contributed by atoms with Gasteiger partial charge in [0, 0.05) is 13.7 Å². The quantitative estimate of drug-likeness (QED) is 0.767. The van der Waals surface area contributed by atoms with Crippen LogP contribution in [0.3, 0.4) is 0 Å². The van der Waals surface area contributed by atoms with Gasteiger partial charge in [-0.3, -0.25) is 4.79 Å². The Balaban J connectivity index is 2.57. The summed E-state index contributed by atoms with van der Waals surface area (Å²) in [6.45, 7) is 4.35. The number of amides is 1. The van der Waals surface area contributed by atoms with Crippen molar-refractivity contribution in [2.45, 2.75) is 38.9 Å². The van der Waals surface area contributed by atoms with E-state index in [0.29, 0.717) is 0 Å². The number of carbonyl (C=O) groups excluding carboxylic acids is 1. The van der Waals surface area contributed by atoms with Gasteiger partial charge >= 0.3 is 0 Å². The Morgan fingerprint density at radius 3 is 2.35 bits per heavy atom. The Labute approximate surface area is 121 Å². The SMILES string of the molecule is CCC(CC)C(O)CNC(=O)C(OC)c1ccccc1. The van der Waals surface area contributed by atoms with Gasteiger partial charge in [0.2, 0.25) is 0 Å². The molecule has 112 valence electrons. The Hall–Kier alpha value is -1.39. The van der Waals surface area contributed by atoms with Crippen molar-refractivity contribution in [1.82, 2.24) is 5.32 Å². The monoisotopic (exact) mass is 279 g/mol. The summed E-state index contributed by atoms with van der Waals surface area (Å²) in [7, 11) is 1.51. The molecule has 0 fully saturated rings. The van der Waals surface area contributed by atoms with Crippen molar-refractivity contribution < 1.29 is 14.6 Å². The minimum Gasteiger partial charge on any atom is -0.391 e. The minimum absolute atomic E-state index is 0.216. The fourth-order valence-electron chi connectivity index (χ4n) is 2.32. The second-order valence-electron chi connectivity index (χ2n) is 4.92. The topological polar surface area (TPSA) is 58.6 Å². The third-order valence-electron chi connectivity index (χ3n) is 3.65. The standard InChI is InChI=1S/C16H25NO3/c1-4-12(5-2)14(18)11-17-16(19)15(20-3)13-9-7-6-8-10-13/h6-10,12,14-15,18H,4-5,11H2,1-3H3,(H,17,19). The first kappa shape index (κ1) is 16.7. The number of aliphatic hydroxyl groups excluding tert-OH is 1. The molecular formula is C16H25NO3. The molecule has 0 aliphatic carbocycles. The van der Waals surface area contributed by atoms with E-state index < -0.39 is 12.2 Å². The van der Waals surface area contributed by atoms with Crippen LogP contribution in [0.2, 0.25) is 0 Å². The van der Waals surface area contributed by atoms with Crippen molar-refractivity contribution in [3.05, 3.63) is 35.9 Å². The highest BCUT2D eigenvalue weighted by Gasteiger charge is 2.22. The van der Waals surface area contributed by atoms with Gasteiger partial charge in [-0.25, -0.2) is 0 Å². The van der Waals surface area contributed by atoms with Crippen LogP contribution in [0, 0.1) is 5.92 Å². The zero-order chi connectivity index (χ0) is 15.0. The van der Waals surface area contributed by atoms with Crippen molar-refractivity contribution in [2.24, 2.45) is 5.92 Å². The van der Waals surface area contributed by atoms with E-state index in [-0.39, 0.29) is 18.4 Å². The van der Waals surface area contributed by atoms with Crippen LogP contribution in [0.4, 0.5) is 0 Å². The molecule has 0 heterocycles. The van der Waals surface area contributed by atoms with E-state index >= 15 is 0 Å². The van der Waals surface area contributed by atoms with Gasteiger partial charge in [0.25, 0.3) is 5.91 Å². The third kappa shape index (κ3) is 4.62. The largest absolute Gasteiger partial charge is 0.391 e. The highest BCUT2D eigenvalue weighted by Crippen LogP contribution is 2.17. The fraction of sp³-hybridized carbons (Fsp3) is 0.562. The molecule has 2 N–H and O–H groups in total. The van der Waals surface area contributed by atoms with E-state index in [9.17, 15) is 9.90 Å². The number of carbonyl (C=O) groups is 1. The normalized spacial score (nSPS) is 14.1. The van der Waals surface area contributed by atoms with Gasteiger partial charge in [0.1, 0.15) is 0 Å². The maximum absolute atomic E-state index is 12.1. The van der Waals surface area contributed by atoms with E-state index in [1.165, 1.54) is 7.11 Å². The Morgan fingerprint density at radius 1 is 1.25 bits per heavy atom. The van der Waals surface area contributed by atoms with E-state index in [4.69, 9.17) is 4.74 Å². The number of hydrogen-bond acceptors (Lipinski definition) is 3. The van der Waals surface area contributed by atoms with Crippen LogP contribution in [0.5, 0.6) is 0 Å². The van der Waals surface area contributed by atoms with Crippen LogP contribution in [0.25, 0.3) is 0 Å². The third-order valence-corrected chi connectivity index (χ3v) is 3.65. The van der Waals surface area contributed by atoms with Crippen molar-refractivity contribution in [3.63, 3.8) is 0 Å². The molecule has 0 spiro atoms. The van der Waals surface area contributed by atoms with Crippen LogP contribution in [-0.2, 0) is 9.53 Å². The van der Waals surface area contributed by atoms with Gasteiger partial charge in [-0.1, -0.05) is 57.0 Å². The molecule has 4 heteroatoms. The number of ether oxygens (including phenoxy) is 1. The molecule has 4 nitrogen and oxygen atoms in total. The van der Waals surface area contributed by atoms with Crippen LogP contribution < -0.4 is 5.32 Å². The molecule has 2 atom stereocenters. The highest BCUT2D eigenvalue weighted by atomic mass is 16.5. The Morgan fingerprint density at radius 2 is 1.85 bits per heavy atom. The summed E-state index contributed by atoms with van der Waals surface area (Å²) in [5, 5.41) is 12.8. The lowest BCUT2D eigenvalue weighted by Crippen LogP contribution is -2.38. The molecule has 0 saturated heterocycles. The molecule has 0 aromatic heterocycles. The molecule has 0 saturated carbocycles. The van der Waals surface area contributed by atoms with E-state index in [0.717, 1.165) is 18.4 Å². The van der Waals surface area contributed by atoms with Gasteiger partial charge in [-0.15, -0.1) is 0 Å². The summed E-state index contributed by atoms with van der Waals surface area (Å²) in [6.07, 6.45) is 0.659. The number of methoxy groups -OCH3 is 1. The molecular weight excluding hydrogens is 254 g/mol. The summed E-state index contributed by atoms with van der Waals surface area (Å²) < 4.78 is 5.25. The van der Waals surface area contributed by atoms with Crippen LogP contribution >= 0.6 is 0 Å². The van der Waals surface area contributed by atoms with Crippen molar-refractivity contribution in [1.29, 1.82) is 0 Å². The van der Waals surface area contributed by atoms with Crippen LogP contribution in [-0.4, -0.2) is 30.8 Å². The lowest BCUT2D eigenvalue weighted by atomic mass is 9.96. The second-order valence-corrected chi connectivity index (χ2v) is 4.92. The molecule has 1 rings (SSSR count). The Kier molecular flexibility index (Phi) is 7.26. The van der Waals surface area contributed by atoms with E-state index in [1.807, 2.05) is 44.2 Å². The molecule has 0 aliphatic heterocycles. The average Bonchev–Trinajstić information content (AvgIpc) is 2.48. The zero-order valence-electron chi connectivity index (χ0n) is 12.5. The predicted octanol–water partition coefficient (Wildman–Crippen LogP) is 2.29. The van der Waals surface area contributed by atoms with Crippen molar-refractivity contribution >= 4 is 5.91 Å². The molecule has 0 aliphatic rings. The molecule has 1 aromatic carbocycles. The Bertz CT molecular complexity index is 390. The summed E-state index contributed by atoms with van der Waals surface area (Å²) in [5.41, 5.74) is 0.810. The minimum atomic E-state index is -0.634. The first-order valence-electron chi connectivity index (χ1n) is 7.17. The number of benzene rings is 1. The van der Waals surface area contributed by atoms with E-state index in [1.54, 1.807) is 0 Å². The van der Waals surface area contributed by atoms with Gasteiger partial charge in [0.05, 0.1) is 6.10 Å². The predicted molar refractivity (Wildman–Crippen MR) is 79.3 cm³/mol. The number of aliphatic hydroxyl groups is 1. The van der Waals surface area contributed by atoms with Gasteiger partial charge < -0.3 is 15.2 Å². The lowest BCUT2D eigenvalue weighted by molar-refractivity contribution is -0.132. The zero-order valence-corrected chi connectivity index (χ0v) is 12.5. The summed E-state index contributed by atoms with van der Waals surface area (Å²) in [5.74, 6) is -0.00303. The first-order valence-corrected chi connectivity index (χ1v) is 7.17. The van der Waals surface area contributed by atoms with Crippen molar-refractivity contribution in [3.8, 4) is 0 Å². The van der Waals surface area contributed by atoms with Crippen molar-refractivity contribution in [2.75, 3.05) is 13.7 Å². The van der Waals surface area contributed by atoms with Crippen LogP contribution in [0.15, 0.2) is 30.3 Å². The summed E-state index contributed by atoms with van der Waals surface area (Å²) in [6, 6.07) is 9.34. The number of rotatable bonds is 8. The first-order chi connectivity index (χ1) is 9.63. The van der Waals surface area contributed by atoms with Gasteiger partial charge in [-0.05, 0) is 11.5 Å². The van der Waals surface area contributed by atoms with Crippen LogP contribution in [0.1, 0.15) is 38.4 Å². The second kappa shape index (κ2) is 8.72. The fourth-order valence-corrected chi connectivity index (χ4v) is 2.32. The summed E-state index contributed by atoms with van der Waals surface area (Å²) in [4.78, 5) is 12.1. The van der Waals surface area contributed by atoms with E-state index in [2.05, 4.69) is 5.32 Å². The van der Waals surface area contributed by atoms with Gasteiger partial charge in [-0.2, -0.15) is 0 Å². The molecule has 1 amide bonds.